The predicted molar refractivity (Wildman–Crippen MR) is 140 cm³/mol. The lowest BCUT2D eigenvalue weighted by Gasteiger charge is -2.37. The van der Waals surface area contributed by atoms with Gasteiger partial charge in [0.2, 0.25) is 0 Å². The second-order valence-electron chi connectivity index (χ2n) is 9.71. The van der Waals surface area contributed by atoms with Crippen molar-refractivity contribution in [3.63, 3.8) is 0 Å². The first-order chi connectivity index (χ1) is 17.3. The third kappa shape index (κ3) is 5.17. The number of aryl methyl sites for hydroxylation is 2. The molecule has 4 rings (SSSR count). The van der Waals surface area contributed by atoms with Crippen LogP contribution in [0.15, 0.2) is 45.8 Å². The van der Waals surface area contributed by atoms with Crippen LogP contribution < -0.4 is 10.5 Å². The third-order valence-corrected chi connectivity index (χ3v) is 6.65. The fourth-order valence-electron chi connectivity index (χ4n) is 4.84. The number of fused-ring (bicyclic) bond motifs is 1. The Morgan fingerprint density at radius 2 is 1.86 bits per heavy atom. The first-order valence-corrected chi connectivity index (χ1v) is 12.7. The van der Waals surface area contributed by atoms with Crippen molar-refractivity contribution in [2.45, 2.75) is 47.1 Å². The number of hydrogen-bond donors (Lipinski definition) is 0. The van der Waals surface area contributed by atoms with E-state index < -0.39 is 5.97 Å². The van der Waals surface area contributed by atoms with Gasteiger partial charge in [0.05, 0.1) is 24.1 Å². The highest BCUT2D eigenvalue weighted by Gasteiger charge is 2.30. The van der Waals surface area contributed by atoms with E-state index in [4.69, 9.17) is 9.15 Å². The first kappa shape index (κ1) is 25.5. The summed E-state index contributed by atoms with van der Waals surface area (Å²) >= 11 is 0. The van der Waals surface area contributed by atoms with Crippen molar-refractivity contribution in [1.82, 2.24) is 9.47 Å². The molecule has 8 nitrogen and oxygen atoms in total. The number of esters is 1. The SMILES string of the molecule is CCOC(=O)c1c(N2CCN(C(=O)c3ccco3)CC2)c2cc(C)ccc2n(CCCC(C)C)c1=O. The summed E-state index contributed by atoms with van der Waals surface area (Å²) in [7, 11) is 0. The second kappa shape index (κ2) is 11.0. The molecule has 0 aliphatic carbocycles. The summed E-state index contributed by atoms with van der Waals surface area (Å²) in [5.74, 6) is 0.0677. The van der Waals surface area contributed by atoms with E-state index in [-0.39, 0.29) is 23.6 Å². The Morgan fingerprint density at radius 1 is 1.11 bits per heavy atom. The highest BCUT2D eigenvalue weighted by molar-refractivity contribution is 6.05. The van der Waals surface area contributed by atoms with Gasteiger partial charge in [-0.15, -0.1) is 0 Å². The number of carbonyl (C=O) groups excluding carboxylic acids is 2. The normalized spacial score (nSPS) is 14.0. The van der Waals surface area contributed by atoms with Crippen molar-refractivity contribution in [3.05, 3.63) is 63.8 Å². The van der Waals surface area contributed by atoms with Crippen molar-refractivity contribution in [3.8, 4) is 0 Å². The molecule has 36 heavy (non-hydrogen) atoms. The molecule has 0 N–H and O–H groups in total. The van der Waals surface area contributed by atoms with Gasteiger partial charge in [-0.25, -0.2) is 4.79 Å². The second-order valence-corrected chi connectivity index (χ2v) is 9.71. The zero-order chi connectivity index (χ0) is 25.8. The molecule has 2 aromatic heterocycles. The fraction of sp³-hybridized carbons (Fsp3) is 0.464. The number of rotatable bonds is 8. The van der Waals surface area contributed by atoms with E-state index >= 15 is 0 Å². The van der Waals surface area contributed by atoms with Gasteiger partial charge in [0.1, 0.15) is 5.56 Å². The van der Waals surface area contributed by atoms with Crippen LogP contribution in [0.3, 0.4) is 0 Å². The van der Waals surface area contributed by atoms with E-state index in [1.807, 2.05) is 30.0 Å². The molecule has 0 radical (unpaired) electrons. The topological polar surface area (TPSA) is 85.0 Å². The molecule has 1 saturated heterocycles. The summed E-state index contributed by atoms with van der Waals surface area (Å²) in [5.41, 5.74) is 2.20. The predicted octanol–water partition coefficient (Wildman–Crippen LogP) is 4.48. The van der Waals surface area contributed by atoms with Crippen LogP contribution in [0.5, 0.6) is 0 Å². The molecule has 1 fully saturated rings. The number of amides is 1. The molecule has 0 bridgehead atoms. The first-order valence-electron chi connectivity index (χ1n) is 12.7. The van der Waals surface area contributed by atoms with E-state index in [0.29, 0.717) is 50.1 Å². The molecule has 1 amide bonds. The molecule has 1 aromatic carbocycles. The van der Waals surface area contributed by atoms with Crippen LogP contribution in [-0.4, -0.2) is 54.1 Å². The third-order valence-electron chi connectivity index (χ3n) is 6.65. The van der Waals surface area contributed by atoms with Gasteiger partial charge in [-0.05, 0) is 56.9 Å². The maximum absolute atomic E-state index is 13.8. The van der Waals surface area contributed by atoms with Crippen LogP contribution >= 0.6 is 0 Å². The molecule has 192 valence electrons. The molecule has 8 heteroatoms. The van der Waals surface area contributed by atoms with Gasteiger partial charge in [0.15, 0.2) is 5.76 Å². The highest BCUT2D eigenvalue weighted by Crippen LogP contribution is 2.32. The summed E-state index contributed by atoms with van der Waals surface area (Å²) in [6, 6.07) is 9.35. The number of anilines is 1. The molecule has 1 aliphatic rings. The Kier molecular flexibility index (Phi) is 7.82. The quantitative estimate of drug-likeness (QED) is 0.430. The summed E-state index contributed by atoms with van der Waals surface area (Å²) in [6.07, 6.45) is 3.32. The van der Waals surface area contributed by atoms with Gasteiger partial charge in [0.25, 0.3) is 11.5 Å². The van der Waals surface area contributed by atoms with Crippen molar-refractivity contribution >= 4 is 28.5 Å². The summed E-state index contributed by atoms with van der Waals surface area (Å²) in [6.45, 7) is 10.7. The number of pyridine rings is 1. The Balaban J connectivity index is 1.76. The Hall–Kier alpha value is -3.55. The highest BCUT2D eigenvalue weighted by atomic mass is 16.5. The van der Waals surface area contributed by atoms with Crippen LogP contribution in [0.4, 0.5) is 5.69 Å². The lowest BCUT2D eigenvalue weighted by atomic mass is 10.0. The number of carbonyl (C=O) groups is 2. The molecule has 3 aromatic rings. The molecule has 0 atom stereocenters. The van der Waals surface area contributed by atoms with Gasteiger partial charge < -0.3 is 23.5 Å². The van der Waals surface area contributed by atoms with E-state index in [9.17, 15) is 14.4 Å². The van der Waals surface area contributed by atoms with Crippen LogP contribution in [0.2, 0.25) is 0 Å². The van der Waals surface area contributed by atoms with Crippen molar-refractivity contribution in [1.29, 1.82) is 0 Å². The van der Waals surface area contributed by atoms with E-state index in [1.165, 1.54) is 6.26 Å². The number of hydrogen-bond acceptors (Lipinski definition) is 6. The lowest BCUT2D eigenvalue weighted by Crippen LogP contribution is -2.49. The zero-order valence-corrected chi connectivity index (χ0v) is 21.6. The summed E-state index contributed by atoms with van der Waals surface area (Å²) in [5, 5.41) is 0.855. The molecule has 0 saturated carbocycles. The minimum absolute atomic E-state index is 0.0744. The number of furan rings is 1. The lowest BCUT2D eigenvalue weighted by molar-refractivity contribution is 0.0523. The maximum atomic E-state index is 13.8. The Morgan fingerprint density at radius 3 is 2.50 bits per heavy atom. The Bertz CT molecular complexity index is 1280. The number of piperazine rings is 1. The standard InChI is InChI=1S/C28H35N3O5/c1-5-35-28(34)24-25(29-13-15-30(16-14-29)26(32)23-9-7-17-36-23)21-18-20(4)10-11-22(21)31(27(24)33)12-6-8-19(2)3/h7,9-11,17-19H,5-6,8,12-16H2,1-4H3. The largest absolute Gasteiger partial charge is 0.462 e. The zero-order valence-electron chi connectivity index (χ0n) is 21.6. The van der Waals surface area contributed by atoms with Crippen LogP contribution in [-0.2, 0) is 11.3 Å². The summed E-state index contributed by atoms with van der Waals surface area (Å²) in [4.78, 5) is 43.5. The van der Waals surface area contributed by atoms with Gasteiger partial charge in [-0.2, -0.15) is 0 Å². The van der Waals surface area contributed by atoms with Crippen molar-refractivity contribution < 1.29 is 18.7 Å². The van der Waals surface area contributed by atoms with Gasteiger partial charge in [-0.1, -0.05) is 25.5 Å². The fourth-order valence-corrected chi connectivity index (χ4v) is 4.84. The van der Waals surface area contributed by atoms with Crippen LogP contribution in [0.25, 0.3) is 10.9 Å². The minimum atomic E-state index is -0.604. The molecule has 0 spiro atoms. The van der Waals surface area contributed by atoms with Gasteiger partial charge in [-0.3, -0.25) is 9.59 Å². The van der Waals surface area contributed by atoms with E-state index in [1.54, 1.807) is 28.5 Å². The molecule has 0 unspecified atom stereocenters. The molecular formula is C28H35N3O5. The van der Waals surface area contributed by atoms with Crippen molar-refractivity contribution in [2.24, 2.45) is 5.92 Å². The average Bonchev–Trinajstić information content (AvgIpc) is 3.39. The molecule has 3 heterocycles. The van der Waals surface area contributed by atoms with Crippen LogP contribution in [0, 0.1) is 12.8 Å². The number of nitrogens with zero attached hydrogens (tertiary/aromatic N) is 3. The maximum Gasteiger partial charge on any atom is 0.345 e. The average molecular weight is 494 g/mol. The molecule has 1 aliphatic heterocycles. The minimum Gasteiger partial charge on any atom is -0.462 e. The Labute approximate surface area is 211 Å². The van der Waals surface area contributed by atoms with E-state index in [0.717, 1.165) is 29.3 Å². The smallest absolute Gasteiger partial charge is 0.345 e. The monoisotopic (exact) mass is 493 g/mol. The van der Waals surface area contributed by atoms with Crippen molar-refractivity contribution in [2.75, 3.05) is 37.7 Å². The molecular weight excluding hydrogens is 458 g/mol. The van der Waals surface area contributed by atoms with Gasteiger partial charge in [0, 0.05) is 38.1 Å². The van der Waals surface area contributed by atoms with Crippen LogP contribution in [0.1, 0.15) is 60.1 Å². The van der Waals surface area contributed by atoms with E-state index in [2.05, 4.69) is 13.8 Å². The van der Waals surface area contributed by atoms with Gasteiger partial charge >= 0.3 is 5.97 Å². The summed E-state index contributed by atoms with van der Waals surface area (Å²) < 4.78 is 12.4. The number of aromatic nitrogens is 1. The number of ether oxygens (including phenoxy) is 1. The number of benzene rings is 1.